The molecule has 0 aliphatic rings. The predicted octanol–water partition coefficient (Wildman–Crippen LogP) is 0.796. The molecule has 2 heterocycles. The lowest BCUT2D eigenvalue weighted by Crippen LogP contribution is -1.85. The number of H-pyrrole nitrogens is 1. The molecule has 2 aromatic heterocycles. The molecule has 0 saturated carbocycles. The Hall–Kier alpha value is -1.71. The van der Waals surface area contributed by atoms with E-state index in [1.165, 1.54) is 0 Å². The van der Waals surface area contributed by atoms with Crippen molar-refractivity contribution >= 4 is 17.2 Å². The molecular formula is C7H5N4. The summed E-state index contributed by atoms with van der Waals surface area (Å²) in [4.78, 5) is 14.6. The number of aromatic nitrogens is 4. The Labute approximate surface area is 63.0 Å². The summed E-state index contributed by atoms with van der Waals surface area (Å²) in [6.07, 6.45) is 5.69. The van der Waals surface area contributed by atoms with Crippen LogP contribution in [0.3, 0.4) is 0 Å². The van der Waals surface area contributed by atoms with Crippen LogP contribution < -0.4 is 0 Å². The molecule has 0 unspecified atom stereocenters. The smallest absolute Gasteiger partial charge is 0.200 e. The van der Waals surface area contributed by atoms with Crippen molar-refractivity contribution in [2.24, 2.45) is 0 Å². The highest BCUT2D eigenvalue weighted by Crippen LogP contribution is 2.08. The molecule has 0 saturated heterocycles. The van der Waals surface area contributed by atoms with Crippen molar-refractivity contribution in [2.45, 2.75) is 0 Å². The highest BCUT2D eigenvalue weighted by molar-refractivity contribution is 5.78. The van der Waals surface area contributed by atoms with Crippen LogP contribution in [0.15, 0.2) is 12.9 Å². The van der Waals surface area contributed by atoms with Crippen LogP contribution in [0.5, 0.6) is 0 Å². The number of rotatable bonds is 1. The van der Waals surface area contributed by atoms with Crippen molar-refractivity contribution < 1.29 is 0 Å². The maximum Gasteiger partial charge on any atom is 0.200 e. The zero-order valence-corrected chi connectivity index (χ0v) is 5.70. The largest absolute Gasteiger partial charge is 0.329 e. The van der Waals surface area contributed by atoms with E-state index < -0.39 is 0 Å². The molecule has 0 amide bonds. The number of aromatic amines is 1. The molecule has 1 N–H and O–H groups in total. The van der Waals surface area contributed by atoms with Gasteiger partial charge in [-0.2, -0.15) is 0 Å². The van der Waals surface area contributed by atoms with Gasteiger partial charge in [-0.15, -0.1) is 0 Å². The van der Waals surface area contributed by atoms with E-state index in [1.807, 2.05) is 0 Å². The van der Waals surface area contributed by atoms with Crippen molar-refractivity contribution in [3.05, 3.63) is 24.9 Å². The van der Waals surface area contributed by atoms with Crippen LogP contribution in [0, 0.1) is 6.33 Å². The minimum Gasteiger partial charge on any atom is -0.329 e. The van der Waals surface area contributed by atoms with Crippen LogP contribution in [0.2, 0.25) is 0 Å². The molecule has 53 valence electrons. The van der Waals surface area contributed by atoms with Crippen molar-refractivity contribution in [1.29, 1.82) is 0 Å². The monoisotopic (exact) mass is 145 g/mol. The molecule has 0 aliphatic heterocycles. The van der Waals surface area contributed by atoms with Gasteiger partial charge in [-0.05, 0) is 6.08 Å². The molecule has 2 aromatic rings. The van der Waals surface area contributed by atoms with E-state index in [-0.39, 0.29) is 0 Å². The summed E-state index contributed by atoms with van der Waals surface area (Å²) in [5, 5.41) is 0. The summed E-state index contributed by atoms with van der Waals surface area (Å²) < 4.78 is 0. The maximum atomic E-state index is 4.02. The second-order valence-electron chi connectivity index (χ2n) is 2.01. The Balaban J connectivity index is 2.88. The second-order valence-corrected chi connectivity index (χ2v) is 2.01. The fourth-order valence-corrected chi connectivity index (χ4v) is 0.884. The third-order valence-corrected chi connectivity index (χ3v) is 1.39. The maximum absolute atomic E-state index is 4.02. The predicted molar refractivity (Wildman–Crippen MR) is 40.6 cm³/mol. The van der Waals surface area contributed by atoms with Crippen LogP contribution in [0.1, 0.15) is 5.69 Å². The van der Waals surface area contributed by atoms with Crippen LogP contribution in [0.4, 0.5) is 0 Å². The van der Waals surface area contributed by atoms with Crippen molar-refractivity contribution in [2.75, 3.05) is 0 Å². The zero-order valence-electron chi connectivity index (χ0n) is 5.70. The van der Waals surface area contributed by atoms with Gasteiger partial charge in [0.15, 0.2) is 5.65 Å². The van der Waals surface area contributed by atoms with Gasteiger partial charge in [0, 0.05) is 0 Å². The van der Waals surface area contributed by atoms with Gasteiger partial charge in [-0.25, -0.2) is 15.0 Å². The Kier molecular flexibility index (Phi) is 1.18. The molecule has 4 nitrogen and oxygen atoms in total. The first kappa shape index (κ1) is 6.03. The SMILES string of the molecule is C=Cc1n[c]nc2[nH]cnc12. The number of nitrogens with one attached hydrogen (secondary N) is 1. The third-order valence-electron chi connectivity index (χ3n) is 1.39. The topological polar surface area (TPSA) is 54.5 Å². The van der Waals surface area contributed by atoms with Crippen LogP contribution in [0.25, 0.3) is 17.2 Å². The van der Waals surface area contributed by atoms with Gasteiger partial charge >= 0.3 is 0 Å². The van der Waals surface area contributed by atoms with E-state index in [1.54, 1.807) is 12.4 Å². The van der Waals surface area contributed by atoms with Gasteiger partial charge in [0.25, 0.3) is 0 Å². The lowest BCUT2D eigenvalue weighted by atomic mass is 10.3. The number of nitrogens with zero attached hydrogens (tertiary/aromatic N) is 3. The minimum atomic E-state index is 0.690. The van der Waals surface area contributed by atoms with Gasteiger partial charge < -0.3 is 4.98 Å². The summed E-state index contributed by atoms with van der Waals surface area (Å²) in [6.45, 7) is 3.60. The average Bonchev–Trinajstić information content (AvgIpc) is 2.50. The molecule has 4 heteroatoms. The van der Waals surface area contributed by atoms with Crippen molar-refractivity contribution in [3.8, 4) is 0 Å². The molecular weight excluding hydrogens is 140 g/mol. The van der Waals surface area contributed by atoms with Gasteiger partial charge in [0.2, 0.25) is 6.33 Å². The zero-order chi connectivity index (χ0) is 7.68. The molecule has 0 aliphatic carbocycles. The van der Waals surface area contributed by atoms with Gasteiger partial charge in [-0.1, -0.05) is 6.58 Å². The van der Waals surface area contributed by atoms with Crippen LogP contribution >= 0.6 is 0 Å². The molecule has 0 aromatic carbocycles. The second kappa shape index (κ2) is 2.16. The lowest BCUT2D eigenvalue weighted by Gasteiger charge is -1.89. The fraction of sp³-hybridized carbons (Fsp3) is 0. The van der Waals surface area contributed by atoms with E-state index in [9.17, 15) is 0 Å². The van der Waals surface area contributed by atoms with E-state index in [4.69, 9.17) is 0 Å². The summed E-state index contributed by atoms with van der Waals surface area (Å²) in [6, 6.07) is 0. The van der Waals surface area contributed by atoms with Crippen LogP contribution in [-0.2, 0) is 0 Å². The van der Waals surface area contributed by atoms with Gasteiger partial charge in [0.05, 0.1) is 12.0 Å². The Morgan fingerprint density at radius 1 is 1.55 bits per heavy atom. The van der Waals surface area contributed by atoms with Crippen molar-refractivity contribution in [3.63, 3.8) is 0 Å². The van der Waals surface area contributed by atoms with Gasteiger partial charge in [-0.3, -0.25) is 0 Å². The van der Waals surface area contributed by atoms with E-state index in [2.05, 4.69) is 32.8 Å². The normalized spacial score (nSPS) is 10.2. The molecule has 0 spiro atoms. The number of hydrogen-bond donors (Lipinski definition) is 1. The highest BCUT2D eigenvalue weighted by Gasteiger charge is 2.00. The molecule has 0 bridgehead atoms. The molecule has 1 radical (unpaired) electrons. The summed E-state index contributed by atoms with van der Waals surface area (Å²) in [7, 11) is 0. The Morgan fingerprint density at radius 3 is 3.27 bits per heavy atom. The van der Waals surface area contributed by atoms with Crippen molar-refractivity contribution in [1.82, 2.24) is 19.9 Å². The third kappa shape index (κ3) is 0.797. The quantitative estimate of drug-likeness (QED) is 0.645. The summed E-state index contributed by atoms with van der Waals surface area (Å²) in [5.74, 6) is 0. The van der Waals surface area contributed by atoms with Crippen LogP contribution in [-0.4, -0.2) is 19.9 Å². The molecule has 2 rings (SSSR count). The number of fused-ring (bicyclic) bond motifs is 1. The van der Waals surface area contributed by atoms with E-state index >= 15 is 0 Å². The summed E-state index contributed by atoms with van der Waals surface area (Å²) in [5.41, 5.74) is 2.13. The molecule has 11 heavy (non-hydrogen) atoms. The molecule has 0 fully saturated rings. The lowest BCUT2D eigenvalue weighted by molar-refractivity contribution is 1.17. The fourth-order valence-electron chi connectivity index (χ4n) is 0.884. The first-order chi connectivity index (χ1) is 5.42. The minimum absolute atomic E-state index is 0.690. The van der Waals surface area contributed by atoms with E-state index in [0.29, 0.717) is 11.3 Å². The van der Waals surface area contributed by atoms with Gasteiger partial charge in [0.1, 0.15) is 5.52 Å². The first-order valence-electron chi connectivity index (χ1n) is 3.11. The van der Waals surface area contributed by atoms with E-state index in [0.717, 1.165) is 5.52 Å². The Morgan fingerprint density at radius 2 is 2.45 bits per heavy atom. The average molecular weight is 145 g/mol. The highest BCUT2D eigenvalue weighted by atomic mass is 15.0. The standard InChI is InChI=1S/C7H5N4/c1-2-5-6-7(10-3-8-5)11-4-9-6/h2,4H,1H2,(H,8,9,10,11). The summed E-state index contributed by atoms with van der Waals surface area (Å²) >= 11 is 0. The molecule has 0 atom stereocenters. The number of hydrogen-bond acceptors (Lipinski definition) is 3. The first-order valence-corrected chi connectivity index (χ1v) is 3.11. The Bertz CT molecular complexity index is 390. The number of imidazole rings is 1.